The number of halogens is 4. The maximum absolute atomic E-state index is 11.1. The maximum atomic E-state index is 11.1. The molecule has 0 aromatic carbocycles. The number of hydrogen-bond acceptors (Lipinski definition) is 3. The van der Waals surface area contributed by atoms with Crippen LogP contribution < -0.4 is 0 Å². The molecule has 0 aromatic heterocycles. The molecule has 0 heterocycles. The van der Waals surface area contributed by atoms with Crippen molar-refractivity contribution in [1.82, 2.24) is 0 Å². The van der Waals surface area contributed by atoms with Crippen LogP contribution in [0.5, 0.6) is 0 Å². The highest BCUT2D eigenvalue weighted by atomic mass is 79.9. The highest BCUT2D eigenvalue weighted by Gasteiger charge is 2.29. The third-order valence-electron chi connectivity index (χ3n) is 1.53. The van der Waals surface area contributed by atoms with Crippen LogP contribution in [-0.2, 0) is 14.3 Å². The van der Waals surface area contributed by atoms with E-state index in [1.165, 1.54) is 0 Å². The molecule has 8 heteroatoms. The van der Waals surface area contributed by atoms with Crippen molar-refractivity contribution in [3.8, 4) is 0 Å². The minimum Gasteiger partial charge on any atom is -0.269 e. The molecule has 0 aliphatic heterocycles. The molecule has 14 heavy (non-hydrogen) atoms. The summed E-state index contributed by atoms with van der Waals surface area (Å²) in [6, 6.07) is 0. The first-order valence-corrected chi connectivity index (χ1v) is 9.62. The predicted molar refractivity (Wildman–Crippen MR) is 72.5 cm³/mol. The van der Waals surface area contributed by atoms with Crippen molar-refractivity contribution in [2.75, 3.05) is 27.3 Å². The summed E-state index contributed by atoms with van der Waals surface area (Å²) < 4.78 is 26.8. The molecule has 86 valence electrons. The topological polar surface area (TPSA) is 43.4 Å². The summed E-state index contributed by atoms with van der Waals surface area (Å²) in [6.45, 7) is 0.155. The average Bonchev–Trinajstić information content (AvgIpc) is 2.21. The van der Waals surface area contributed by atoms with Gasteiger partial charge < -0.3 is 0 Å². The monoisotopic (exact) mass is 478 g/mol. The molecule has 0 unspecified atom stereocenters. The molecule has 0 N–H and O–H groups in total. The van der Waals surface area contributed by atoms with Crippen LogP contribution in [0.25, 0.3) is 0 Å². The van der Waals surface area contributed by atoms with E-state index in [0.29, 0.717) is 16.0 Å². The second kappa shape index (κ2) is 7.21. The zero-order chi connectivity index (χ0) is 11.2. The van der Waals surface area contributed by atoms with Gasteiger partial charge >= 0.3 is 0 Å². The first-order valence-electron chi connectivity index (χ1n) is 3.56. The van der Waals surface area contributed by atoms with Gasteiger partial charge in [0.15, 0.2) is 0 Å². The second-order valence-electron chi connectivity index (χ2n) is 2.83. The van der Waals surface area contributed by atoms with Crippen molar-refractivity contribution >= 4 is 73.8 Å². The van der Waals surface area contributed by atoms with Crippen LogP contribution in [0.15, 0.2) is 0 Å². The Hall–Kier alpha value is 1.83. The van der Waals surface area contributed by atoms with Gasteiger partial charge in [-0.15, -0.1) is 0 Å². The number of hydrogen-bond donors (Lipinski definition) is 0. The highest BCUT2D eigenvalue weighted by molar-refractivity contribution is 9.10. The maximum Gasteiger partial charge on any atom is 0.277 e. The Kier molecular flexibility index (Phi) is 8.16. The zero-order valence-electron chi connectivity index (χ0n) is 7.18. The van der Waals surface area contributed by atoms with Crippen LogP contribution in [0.3, 0.4) is 0 Å². The van der Waals surface area contributed by atoms with Crippen LogP contribution in [0, 0.1) is 5.41 Å². The SMILES string of the molecule is O=S(=O)(CBr)OCC(CBr)(CBr)CBr. The quantitative estimate of drug-likeness (QED) is 0.415. The molecule has 0 aliphatic carbocycles. The predicted octanol–water partition coefficient (Wildman–Crippen LogP) is 2.86. The molecule has 0 amide bonds. The number of rotatable bonds is 7. The summed E-state index contributed by atoms with van der Waals surface area (Å²) in [5, 5.41) is 1.98. The minimum absolute atomic E-state index is 0.155. The van der Waals surface area contributed by atoms with E-state index in [-0.39, 0.29) is 16.7 Å². The third kappa shape index (κ3) is 5.25. The number of alkyl halides is 4. The van der Waals surface area contributed by atoms with Crippen LogP contribution in [0.4, 0.5) is 0 Å². The van der Waals surface area contributed by atoms with Gasteiger partial charge in [-0.05, 0) is 0 Å². The van der Waals surface area contributed by atoms with E-state index in [0.717, 1.165) is 0 Å². The Morgan fingerprint density at radius 3 is 1.71 bits per heavy atom. The Morgan fingerprint density at radius 2 is 1.43 bits per heavy atom. The Bertz CT molecular complexity index is 242. The van der Waals surface area contributed by atoms with Gasteiger partial charge in [-0.1, -0.05) is 63.7 Å². The van der Waals surface area contributed by atoms with Gasteiger partial charge in [0.1, 0.15) is 4.66 Å². The zero-order valence-corrected chi connectivity index (χ0v) is 14.3. The first kappa shape index (κ1) is 15.8. The van der Waals surface area contributed by atoms with Gasteiger partial charge in [0.2, 0.25) is 0 Å². The van der Waals surface area contributed by atoms with Crippen molar-refractivity contribution in [2.24, 2.45) is 5.41 Å². The Balaban J connectivity index is 4.34. The van der Waals surface area contributed by atoms with E-state index in [1.54, 1.807) is 0 Å². The van der Waals surface area contributed by atoms with Gasteiger partial charge in [-0.3, -0.25) is 4.18 Å². The van der Waals surface area contributed by atoms with Gasteiger partial charge in [-0.2, -0.15) is 8.42 Å². The minimum atomic E-state index is -3.43. The van der Waals surface area contributed by atoms with Gasteiger partial charge in [-0.25, -0.2) is 0 Å². The Labute approximate surface area is 118 Å². The molecular formula is C6H10Br4O3S. The summed E-state index contributed by atoms with van der Waals surface area (Å²) in [7, 11) is -3.43. The summed E-state index contributed by atoms with van der Waals surface area (Å²) in [4.78, 5) is 0. The first-order chi connectivity index (χ1) is 6.45. The Morgan fingerprint density at radius 1 is 1.00 bits per heavy atom. The molecule has 0 rings (SSSR count). The molecular weight excluding hydrogens is 472 g/mol. The summed E-state index contributed by atoms with van der Waals surface area (Å²) in [5.41, 5.74) is -0.241. The van der Waals surface area contributed by atoms with E-state index in [4.69, 9.17) is 4.18 Å². The van der Waals surface area contributed by atoms with Crippen molar-refractivity contribution in [2.45, 2.75) is 0 Å². The lowest BCUT2D eigenvalue weighted by molar-refractivity contribution is 0.220. The van der Waals surface area contributed by atoms with E-state index in [2.05, 4.69) is 63.7 Å². The lowest BCUT2D eigenvalue weighted by Gasteiger charge is -2.26. The molecule has 0 bridgehead atoms. The molecule has 0 aromatic rings. The van der Waals surface area contributed by atoms with Gasteiger partial charge in [0, 0.05) is 21.4 Å². The van der Waals surface area contributed by atoms with Gasteiger partial charge in [0.05, 0.1) is 6.61 Å². The second-order valence-corrected chi connectivity index (χ2v) is 7.45. The van der Waals surface area contributed by atoms with Crippen molar-refractivity contribution in [1.29, 1.82) is 0 Å². The molecule has 3 nitrogen and oxygen atoms in total. The average molecular weight is 482 g/mol. The van der Waals surface area contributed by atoms with Crippen LogP contribution in [0.2, 0.25) is 0 Å². The molecule has 0 spiro atoms. The molecule has 0 aliphatic rings. The molecule has 0 fully saturated rings. The summed E-state index contributed by atoms with van der Waals surface area (Å²) >= 11 is 12.9. The van der Waals surface area contributed by atoms with Crippen LogP contribution >= 0.6 is 63.7 Å². The van der Waals surface area contributed by atoms with Crippen LogP contribution in [-0.4, -0.2) is 35.7 Å². The van der Waals surface area contributed by atoms with Crippen molar-refractivity contribution in [3.05, 3.63) is 0 Å². The molecule has 0 saturated heterocycles. The fraction of sp³-hybridized carbons (Fsp3) is 1.00. The smallest absolute Gasteiger partial charge is 0.269 e. The molecule has 0 atom stereocenters. The standard InChI is InChI=1S/C6H10Br4O3S/c7-1-6(2-8,3-9)4-13-14(11,12)5-10/h1-5H2. The van der Waals surface area contributed by atoms with Gasteiger partial charge in [0.25, 0.3) is 10.1 Å². The lowest BCUT2D eigenvalue weighted by Crippen LogP contribution is -2.33. The third-order valence-corrected chi connectivity index (χ3v) is 7.52. The normalized spacial score (nSPS) is 13.1. The molecule has 0 saturated carbocycles. The summed E-state index contributed by atoms with van der Waals surface area (Å²) in [5.74, 6) is 0. The lowest BCUT2D eigenvalue weighted by atomic mass is 9.98. The fourth-order valence-electron chi connectivity index (χ4n) is 0.469. The van der Waals surface area contributed by atoms with Crippen LogP contribution in [0.1, 0.15) is 0 Å². The van der Waals surface area contributed by atoms with Crippen molar-refractivity contribution < 1.29 is 12.6 Å². The summed E-state index contributed by atoms with van der Waals surface area (Å²) in [6.07, 6.45) is 0. The molecule has 0 radical (unpaired) electrons. The van der Waals surface area contributed by atoms with E-state index >= 15 is 0 Å². The van der Waals surface area contributed by atoms with E-state index in [1.807, 2.05) is 0 Å². The fourth-order valence-corrected chi connectivity index (χ4v) is 4.63. The largest absolute Gasteiger partial charge is 0.277 e. The van der Waals surface area contributed by atoms with Crippen molar-refractivity contribution in [3.63, 3.8) is 0 Å². The van der Waals surface area contributed by atoms with E-state index < -0.39 is 10.1 Å². The van der Waals surface area contributed by atoms with E-state index in [9.17, 15) is 8.42 Å². The highest BCUT2D eigenvalue weighted by Crippen LogP contribution is 2.27.